The molecule has 164 valence electrons. The van der Waals surface area contributed by atoms with E-state index in [1.807, 2.05) is 19.2 Å². The van der Waals surface area contributed by atoms with E-state index in [0.717, 1.165) is 36.3 Å². The molecule has 1 aromatic heterocycles. The summed E-state index contributed by atoms with van der Waals surface area (Å²) in [6.45, 7) is 8.53. The summed E-state index contributed by atoms with van der Waals surface area (Å²) < 4.78 is 6.16. The molecule has 1 heterocycles. The van der Waals surface area contributed by atoms with Gasteiger partial charge in [-0.05, 0) is 93.7 Å². The zero-order valence-corrected chi connectivity index (χ0v) is 19.0. The molecular formula is C27H33NO3. The molecule has 4 heteroatoms. The first-order valence-corrected chi connectivity index (χ1v) is 11.3. The molecule has 1 aromatic carbocycles. The Balaban J connectivity index is 1.61. The number of benzene rings is 1. The molecule has 0 aliphatic heterocycles. The smallest absolute Gasteiger partial charge is 0.151 e. The van der Waals surface area contributed by atoms with Crippen LogP contribution in [0, 0.1) is 31.6 Å². The fourth-order valence-electron chi connectivity index (χ4n) is 5.85. The largest absolute Gasteiger partial charge is 0.489 e. The van der Waals surface area contributed by atoms with Crippen LogP contribution in [-0.4, -0.2) is 26.9 Å². The van der Waals surface area contributed by atoms with Crippen molar-refractivity contribution in [1.29, 1.82) is 0 Å². The quantitative estimate of drug-likeness (QED) is 0.721. The summed E-state index contributed by atoms with van der Waals surface area (Å²) in [5.74, 6) is 6.89. The van der Waals surface area contributed by atoms with Gasteiger partial charge in [-0.1, -0.05) is 18.9 Å². The zero-order chi connectivity index (χ0) is 22.2. The van der Waals surface area contributed by atoms with Gasteiger partial charge in [-0.2, -0.15) is 0 Å². The Kier molecular flexibility index (Phi) is 5.85. The Labute approximate surface area is 185 Å². The molecular weight excluding hydrogens is 386 g/mol. The number of hydrogen-bond donors (Lipinski definition) is 2. The lowest BCUT2D eigenvalue weighted by Gasteiger charge is -2.53. The lowest BCUT2D eigenvalue weighted by atomic mass is 9.52. The average Bonchev–Trinajstić information content (AvgIpc) is 2.74. The first-order valence-electron chi connectivity index (χ1n) is 11.3. The van der Waals surface area contributed by atoms with Crippen molar-refractivity contribution < 1.29 is 14.9 Å². The van der Waals surface area contributed by atoms with Crippen LogP contribution in [0.5, 0.6) is 5.75 Å². The molecule has 3 unspecified atom stereocenters. The first kappa shape index (κ1) is 21.9. The highest BCUT2D eigenvalue weighted by Gasteiger charge is 2.54. The van der Waals surface area contributed by atoms with E-state index in [0.29, 0.717) is 25.4 Å². The maximum Gasteiger partial charge on any atom is 0.151 e. The van der Waals surface area contributed by atoms with Gasteiger partial charge in [-0.25, -0.2) is 0 Å². The van der Waals surface area contributed by atoms with Gasteiger partial charge < -0.3 is 14.9 Å². The van der Waals surface area contributed by atoms with E-state index in [9.17, 15) is 10.2 Å². The number of ether oxygens (including phenoxy) is 1. The topological polar surface area (TPSA) is 62.6 Å². The summed E-state index contributed by atoms with van der Waals surface area (Å²) in [5, 5.41) is 21.8. The Morgan fingerprint density at radius 3 is 2.74 bits per heavy atom. The van der Waals surface area contributed by atoms with E-state index in [1.165, 1.54) is 16.7 Å². The number of hydrogen-bond acceptors (Lipinski definition) is 4. The molecule has 0 radical (unpaired) electrons. The second-order valence-electron chi connectivity index (χ2n) is 9.27. The van der Waals surface area contributed by atoms with E-state index >= 15 is 0 Å². The summed E-state index contributed by atoms with van der Waals surface area (Å²) in [4.78, 5) is 4.39. The highest BCUT2D eigenvalue weighted by Crippen LogP contribution is 2.54. The monoisotopic (exact) mass is 419 g/mol. The molecule has 2 aliphatic rings. The number of aliphatic hydroxyl groups excluding tert-OH is 1. The van der Waals surface area contributed by atoms with E-state index in [2.05, 4.69) is 48.9 Å². The second-order valence-corrected chi connectivity index (χ2v) is 9.27. The van der Waals surface area contributed by atoms with Crippen LogP contribution in [0.25, 0.3) is 0 Å². The normalized spacial score (nSPS) is 29.4. The molecule has 2 aromatic rings. The van der Waals surface area contributed by atoms with Crippen molar-refractivity contribution in [3.63, 3.8) is 0 Å². The van der Waals surface area contributed by atoms with Crippen LogP contribution in [0.15, 0.2) is 30.5 Å². The van der Waals surface area contributed by atoms with Crippen molar-refractivity contribution in [1.82, 2.24) is 4.98 Å². The summed E-state index contributed by atoms with van der Waals surface area (Å²) >= 11 is 0. The van der Waals surface area contributed by atoms with E-state index in [4.69, 9.17) is 4.74 Å². The Bertz CT molecular complexity index is 1020. The predicted molar refractivity (Wildman–Crippen MR) is 122 cm³/mol. The van der Waals surface area contributed by atoms with Crippen LogP contribution in [0.2, 0.25) is 0 Å². The molecule has 0 saturated heterocycles. The molecule has 31 heavy (non-hydrogen) atoms. The summed E-state index contributed by atoms with van der Waals surface area (Å²) in [5.41, 5.74) is 4.52. The van der Waals surface area contributed by atoms with Crippen molar-refractivity contribution in [2.24, 2.45) is 5.92 Å². The average molecular weight is 420 g/mol. The molecule has 4 atom stereocenters. The number of aromatic nitrogens is 1. The Morgan fingerprint density at radius 2 is 2.03 bits per heavy atom. The number of fused-ring (bicyclic) bond motifs is 3. The van der Waals surface area contributed by atoms with Gasteiger partial charge in [0.05, 0.1) is 6.10 Å². The van der Waals surface area contributed by atoms with Gasteiger partial charge >= 0.3 is 0 Å². The summed E-state index contributed by atoms with van der Waals surface area (Å²) in [7, 11) is 0. The number of pyridine rings is 1. The summed E-state index contributed by atoms with van der Waals surface area (Å²) in [6.07, 6.45) is 4.95. The maximum absolute atomic E-state index is 11.0. The van der Waals surface area contributed by atoms with Gasteiger partial charge in [0.15, 0.2) is 5.60 Å². The molecule has 4 nitrogen and oxygen atoms in total. The third-order valence-corrected chi connectivity index (χ3v) is 7.68. The van der Waals surface area contributed by atoms with Crippen LogP contribution in [0.4, 0.5) is 0 Å². The SMILES string of the molecule is CC#CC1(O)C[C@H]2CCc3cc(OCc4c(C)ccnc4C)ccc3C2(CC)CC1O. The van der Waals surface area contributed by atoms with Gasteiger partial charge in [0.2, 0.25) is 0 Å². The van der Waals surface area contributed by atoms with Crippen LogP contribution in [0.3, 0.4) is 0 Å². The van der Waals surface area contributed by atoms with Crippen molar-refractivity contribution in [2.75, 3.05) is 0 Å². The van der Waals surface area contributed by atoms with Gasteiger partial charge in [-0.15, -0.1) is 5.92 Å². The minimum Gasteiger partial charge on any atom is -0.489 e. The second kappa shape index (κ2) is 8.30. The fourth-order valence-corrected chi connectivity index (χ4v) is 5.85. The van der Waals surface area contributed by atoms with E-state index < -0.39 is 11.7 Å². The third-order valence-electron chi connectivity index (χ3n) is 7.68. The minimum atomic E-state index is -1.29. The van der Waals surface area contributed by atoms with Gasteiger partial charge in [0.25, 0.3) is 0 Å². The third kappa shape index (κ3) is 3.75. The Hall–Kier alpha value is -2.35. The van der Waals surface area contributed by atoms with Crippen LogP contribution < -0.4 is 4.74 Å². The van der Waals surface area contributed by atoms with E-state index in [1.54, 1.807) is 6.92 Å². The number of aryl methyl sites for hydroxylation is 3. The highest BCUT2D eigenvalue weighted by atomic mass is 16.5. The van der Waals surface area contributed by atoms with Crippen LogP contribution >= 0.6 is 0 Å². The summed E-state index contributed by atoms with van der Waals surface area (Å²) in [6, 6.07) is 8.43. The molecule has 4 rings (SSSR count). The molecule has 0 spiro atoms. The van der Waals surface area contributed by atoms with E-state index in [-0.39, 0.29) is 5.41 Å². The number of rotatable bonds is 4. The van der Waals surface area contributed by atoms with Crippen molar-refractivity contribution in [2.45, 2.75) is 83.5 Å². The fraction of sp³-hybridized carbons (Fsp3) is 0.519. The van der Waals surface area contributed by atoms with Crippen molar-refractivity contribution in [3.05, 3.63) is 58.4 Å². The zero-order valence-electron chi connectivity index (χ0n) is 19.0. The van der Waals surface area contributed by atoms with Crippen molar-refractivity contribution >= 4 is 0 Å². The lowest BCUT2D eigenvalue weighted by molar-refractivity contribution is -0.106. The van der Waals surface area contributed by atoms with Gasteiger partial charge in [-0.3, -0.25) is 4.98 Å². The Morgan fingerprint density at radius 1 is 1.23 bits per heavy atom. The van der Waals surface area contributed by atoms with Crippen LogP contribution in [0.1, 0.15) is 67.5 Å². The maximum atomic E-state index is 11.0. The molecule has 0 amide bonds. The molecule has 1 saturated carbocycles. The number of aliphatic hydroxyl groups is 2. The lowest BCUT2D eigenvalue weighted by Crippen LogP contribution is -2.57. The van der Waals surface area contributed by atoms with Gasteiger partial charge in [0.1, 0.15) is 12.4 Å². The van der Waals surface area contributed by atoms with Gasteiger partial charge in [0, 0.05) is 22.9 Å². The highest BCUT2D eigenvalue weighted by molar-refractivity contribution is 5.44. The molecule has 0 bridgehead atoms. The number of nitrogens with zero attached hydrogens (tertiary/aromatic N) is 1. The van der Waals surface area contributed by atoms with Crippen LogP contribution in [-0.2, 0) is 18.4 Å². The molecule has 2 aliphatic carbocycles. The molecule has 2 N–H and O–H groups in total. The molecule has 1 fully saturated rings. The standard InChI is InChI=1S/C27H33NO3/c1-5-12-27(30)15-21-8-7-20-14-22(31-17-23-18(3)11-13-28-19(23)4)9-10-24(20)26(21,6-2)16-25(27)29/h9-11,13-14,21,25,29-30H,6-8,15-17H2,1-4H3/t21-,25?,26?,27?/m1/s1. The predicted octanol–water partition coefficient (Wildman–Crippen LogP) is 4.40. The van der Waals surface area contributed by atoms with Crippen molar-refractivity contribution in [3.8, 4) is 17.6 Å². The minimum absolute atomic E-state index is 0.121. The first-order chi connectivity index (χ1) is 14.8.